The van der Waals surface area contributed by atoms with E-state index in [2.05, 4.69) is 9.88 Å². The molecule has 0 radical (unpaired) electrons. The molecule has 2 fully saturated rings. The quantitative estimate of drug-likeness (QED) is 0.848. The third kappa shape index (κ3) is 3.33. The van der Waals surface area contributed by atoms with Crippen LogP contribution in [0.5, 0.6) is 0 Å². The summed E-state index contributed by atoms with van der Waals surface area (Å²) in [6.07, 6.45) is 5.18. The summed E-state index contributed by atoms with van der Waals surface area (Å²) < 4.78 is 11.5. The van der Waals surface area contributed by atoms with Gasteiger partial charge in [0, 0.05) is 45.2 Å². The Morgan fingerprint density at radius 1 is 1.22 bits per heavy atom. The molecular weight excluding hydrogens is 294 g/mol. The lowest BCUT2D eigenvalue weighted by Crippen LogP contribution is -2.45. The lowest BCUT2D eigenvalue weighted by molar-refractivity contribution is -0.169. The van der Waals surface area contributed by atoms with Crippen LogP contribution in [0.3, 0.4) is 0 Å². The van der Waals surface area contributed by atoms with Gasteiger partial charge < -0.3 is 19.3 Å². The molecule has 126 valence electrons. The molecule has 3 heterocycles. The first-order valence-electron chi connectivity index (χ1n) is 8.44. The minimum atomic E-state index is -0.376. The standard InChI is InChI=1S/C17H25N3O3/c1-3-19(4-2)16(21)14-11-15(13-18-12-14)20-7-5-17(6-8-20)22-9-10-23-17/h11-13H,3-10H2,1-2H3. The van der Waals surface area contributed by atoms with Crippen LogP contribution in [0, 0.1) is 0 Å². The SMILES string of the molecule is CCN(CC)C(=O)c1cncc(N2CCC3(CC2)OCCO3)c1. The Bertz CT molecular complexity index is 544. The summed E-state index contributed by atoms with van der Waals surface area (Å²) in [6.45, 7) is 8.48. The molecule has 1 spiro atoms. The summed E-state index contributed by atoms with van der Waals surface area (Å²) in [5.74, 6) is -0.334. The van der Waals surface area contributed by atoms with Gasteiger partial charge in [0.05, 0.1) is 30.7 Å². The van der Waals surface area contributed by atoms with Gasteiger partial charge in [0.25, 0.3) is 5.91 Å². The van der Waals surface area contributed by atoms with Crippen molar-refractivity contribution in [2.45, 2.75) is 32.5 Å². The van der Waals surface area contributed by atoms with Gasteiger partial charge in [-0.2, -0.15) is 0 Å². The molecule has 0 saturated carbocycles. The molecule has 0 unspecified atom stereocenters. The van der Waals surface area contributed by atoms with E-state index >= 15 is 0 Å². The molecule has 0 N–H and O–H groups in total. The molecule has 2 aliphatic rings. The number of aromatic nitrogens is 1. The maximum atomic E-state index is 12.5. The summed E-state index contributed by atoms with van der Waals surface area (Å²) >= 11 is 0. The van der Waals surface area contributed by atoms with Gasteiger partial charge in [0.15, 0.2) is 5.79 Å². The number of hydrogen-bond donors (Lipinski definition) is 0. The molecule has 1 aromatic rings. The second-order valence-electron chi connectivity index (χ2n) is 6.00. The Balaban J connectivity index is 1.69. The highest BCUT2D eigenvalue weighted by atomic mass is 16.7. The molecule has 23 heavy (non-hydrogen) atoms. The van der Waals surface area contributed by atoms with Gasteiger partial charge in [-0.1, -0.05) is 0 Å². The first kappa shape index (κ1) is 16.2. The molecule has 6 heteroatoms. The number of carbonyl (C=O) groups excluding carboxylic acids is 1. The Labute approximate surface area is 137 Å². The summed E-state index contributed by atoms with van der Waals surface area (Å²) in [5.41, 5.74) is 1.65. The molecule has 0 aromatic carbocycles. The number of nitrogens with zero attached hydrogens (tertiary/aromatic N) is 3. The van der Waals surface area contributed by atoms with Crippen molar-refractivity contribution in [3.63, 3.8) is 0 Å². The molecule has 0 aliphatic carbocycles. The van der Waals surface area contributed by atoms with E-state index in [1.54, 1.807) is 6.20 Å². The van der Waals surface area contributed by atoms with Crippen molar-refractivity contribution in [3.05, 3.63) is 24.0 Å². The lowest BCUT2D eigenvalue weighted by Gasteiger charge is -2.38. The van der Waals surface area contributed by atoms with Gasteiger partial charge >= 0.3 is 0 Å². The summed E-state index contributed by atoms with van der Waals surface area (Å²) in [4.78, 5) is 20.8. The van der Waals surface area contributed by atoms with Crippen LogP contribution in [0.4, 0.5) is 5.69 Å². The Kier molecular flexibility index (Phi) is 4.82. The Morgan fingerprint density at radius 2 is 1.87 bits per heavy atom. The lowest BCUT2D eigenvalue weighted by atomic mass is 10.0. The van der Waals surface area contributed by atoms with E-state index in [9.17, 15) is 4.79 Å². The van der Waals surface area contributed by atoms with E-state index in [1.165, 1.54) is 0 Å². The van der Waals surface area contributed by atoms with E-state index < -0.39 is 0 Å². The molecule has 2 aliphatic heterocycles. The van der Waals surface area contributed by atoms with Crippen molar-refractivity contribution in [2.24, 2.45) is 0 Å². The van der Waals surface area contributed by atoms with Crippen molar-refractivity contribution in [1.29, 1.82) is 0 Å². The monoisotopic (exact) mass is 319 g/mol. The number of pyridine rings is 1. The van der Waals surface area contributed by atoms with Crippen molar-refractivity contribution in [3.8, 4) is 0 Å². The smallest absolute Gasteiger partial charge is 0.255 e. The van der Waals surface area contributed by atoms with E-state index in [0.29, 0.717) is 31.9 Å². The Hall–Kier alpha value is -1.66. The van der Waals surface area contributed by atoms with E-state index in [0.717, 1.165) is 31.6 Å². The van der Waals surface area contributed by atoms with Crippen LogP contribution in [0.15, 0.2) is 18.5 Å². The van der Waals surface area contributed by atoms with E-state index in [1.807, 2.05) is 31.0 Å². The zero-order chi connectivity index (χ0) is 16.3. The summed E-state index contributed by atoms with van der Waals surface area (Å²) in [7, 11) is 0. The number of anilines is 1. The predicted octanol–water partition coefficient (Wildman–Crippen LogP) is 1.91. The molecule has 1 amide bonds. The predicted molar refractivity (Wildman–Crippen MR) is 87.6 cm³/mol. The second kappa shape index (κ2) is 6.84. The van der Waals surface area contributed by atoms with Gasteiger partial charge in [0.1, 0.15) is 0 Å². The molecular formula is C17H25N3O3. The van der Waals surface area contributed by atoms with Crippen molar-refractivity contribution in [2.75, 3.05) is 44.3 Å². The van der Waals surface area contributed by atoms with Crippen LogP contribution in [-0.2, 0) is 9.47 Å². The van der Waals surface area contributed by atoms with Crippen LogP contribution >= 0.6 is 0 Å². The third-order valence-corrected chi connectivity index (χ3v) is 4.73. The molecule has 6 nitrogen and oxygen atoms in total. The van der Waals surface area contributed by atoms with Crippen molar-refractivity contribution >= 4 is 11.6 Å². The molecule has 1 aromatic heterocycles. The van der Waals surface area contributed by atoms with Crippen LogP contribution in [0.2, 0.25) is 0 Å². The second-order valence-corrected chi connectivity index (χ2v) is 6.00. The fraction of sp³-hybridized carbons (Fsp3) is 0.647. The fourth-order valence-electron chi connectivity index (χ4n) is 3.30. The van der Waals surface area contributed by atoms with Crippen molar-refractivity contribution < 1.29 is 14.3 Å². The first-order chi connectivity index (χ1) is 11.2. The number of piperidine rings is 1. The van der Waals surface area contributed by atoms with Crippen LogP contribution in [0.25, 0.3) is 0 Å². The third-order valence-electron chi connectivity index (χ3n) is 4.73. The normalized spacial score (nSPS) is 20.0. The Morgan fingerprint density at radius 3 is 2.48 bits per heavy atom. The number of hydrogen-bond acceptors (Lipinski definition) is 5. The fourth-order valence-corrected chi connectivity index (χ4v) is 3.30. The number of carbonyl (C=O) groups is 1. The minimum Gasteiger partial charge on any atom is -0.370 e. The van der Waals surface area contributed by atoms with Gasteiger partial charge in [0.2, 0.25) is 0 Å². The summed E-state index contributed by atoms with van der Waals surface area (Å²) in [6, 6.07) is 1.95. The van der Waals surface area contributed by atoms with E-state index in [4.69, 9.17) is 9.47 Å². The van der Waals surface area contributed by atoms with Crippen LogP contribution in [-0.4, -0.2) is 61.0 Å². The maximum absolute atomic E-state index is 12.5. The van der Waals surface area contributed by atoms with Gasteiger partial charge in [-0.3, -0.25) is 9.78 Å². The zero-order valence-electron chi connectivity index (χ0n) is 14.0. The van der Waals surface area contributed by atoms with Crippen LogP contribution in [0.1, 0.15) is 37.0 Å². The number of amides is 1. The highest BCUT2D eigenvalue weighted by Gasteiger charge is 2.39. The molecule has 2 saturated heterocycles. The van der Waals surface area contributed by atoms with Gasteiger partial charge in [-0.15, -0.1) is 0 Å². The van der Waals surface area contributed by atoms with Crippen molar-refractivity contribution in [1.82, 2.24) is 9.88 Å². The maximum Gasteiger partial charge on any atom is 0.255 e. The average Bonchev–Trinajstić information content (AvgIpc) is 3.05. The summed E-state index contributed by atoms with van der Waals surface area (Å²) in [5, 5.41) is 0. The van der Waals surface area contributed by atoms with E-state index in [-0.39, 0.29) is 11.7 Å². The van der Waals surface area contributed by atoms with Gasteiger partial charge in [-0.05, 0) is 19.9 Å². The number of rotatable bonds is 4. The highest BCUT2D eigenvalue weighted by molar-refractivity contribution is 5.94. The van der Waals surface area contributed by atoms with Gasteiger partial charge in [-0.25, -0.2) is 0 Å². The van der Waals surface area contributed by atoms with Crippen LogP contribution < -0.4 is 4.90 Å². The largest absolute Gasteiger partial charge is 0.370 e. The molecule has 3 rings (SSSR count). The highest BCUT2D eigenvalue weighted by Crippen LogP contribution is 2.33. The first-order valence-corrected chi connectivity index (χ1v) is 8.44. The molecule has 0 atom stereocenters. The number of ether oxygens (including phenoxy) is 2. The minimum absolute atomic E-state index is 0.0419. The molecule has 0 bridgehead atoms. The zero-order valence-corrected chi connectivity index (χ0v) is 14.0. The topological polar surface area (TPSA) is 54.9 Å². The average molecular weight is 319 g/mol.